The molecule has 0 aliphatic carbocycles. The lowest BCUT2D eigenvalue weighted by Gasteiger charge is -2.11. The average Bonchev–Trinajstić information content (AvgIpc) is 3.15. The largest absolute Gasteiger partial charge is 0.457 e. The number of rotatable bonds is 14. The maximum atomic E-state index is 12.1. The summed E-state index contributed by atoms with van der Waals surface area (Å²) >= 11 is 0. The van der Waals surface area contributed by atoms with E-state index in [1.807, 2.05) is 146 Å². The zero-order chi connectivity index (χ0) is 34.4. The monoisotopic (exact) mass is 668 g/mol. The summed E-state index contributed by atoms with van der Waals surface area (Å²) in [6.07, 6.45) is 0. The molecule has 10 nitrogen and oxygen atoms in total. The van der Waals surface area contributed by atoms with Gasteiger partial charge in [-0.15, -0.1) is 0 Å². The molecule has 0 saturated carbocycles. The maximum Gasteiger partial charge on any atom is 0.338 e. The molecular formula is C40H36N4O6. The van der Waals surface area contributed by atoms with Gasteiger partial charge in [0.1, 0.15) is 23.0 Å². The third kappa shape index (κ3) is 10.3. The van der Waals surface area contributed by atoms with E-state index in [1.165, 1.54) is 0 Å². The number of urea groups is 2. The van der Waals surface area contributed by atoms with Crippen molar-refractivity contribution in [2.75, 3.05) is 0 Å². The van der Waals surface area contributed by atoms with Crippen LogP contribution in [0.2, 0.25) is 0 Å². The van der Waals surface area contributed by atoms with Crippen LogP contribution in [0.5, 0.6) is 23.0 Å². The first-order valence-corrected chi connectivity index (χ1v) is 16.0. The summed E-state index contributed by atoms with van der Waals surface area (Å²) < 4.78 is 12.2. The Bertz CT molecular complexity index is 1850. The third-order valence-corrected chi connectivity index (χ3v) is 7.50. The topological polar surface area (TPSA) is 119 Å². The van der Waals surface area contributed by atoms with E-state index in [1.54, 1.807) is 0 Å². The Balaban J connectivity index is 0.946. The summed E-state index contributed by atoms with van der Waals surface area (Å²) in [6, 6.07) is 45.1. The maximum absolute atomic E-state index is 12.1. The Labute approximate surface area is 289 Å². The molecule has 0 aliphatic heterocycles. The van der Waals surface area contributed by atoms with Gasteiger partial charge in [0.2, 0.25) is 0 Å². The summed E-state index contributed by atoms with van der Waals surface area (Å²) in [7, 11) is 0. The first-order chi connectivity index (χ1) is 24.6. The van der Waals surface area contributed by atoms with Gasteiger partial charge in [0.05, 0.1) is 13.2 Å². The SMILES string of the molecule is O=C(NCc1ccc(Oc2ccc3ccc(Oc4ccc(CNC(=O)NOCc5ccccc5)cc4)cc3c2)cc1)NOCc1ccccc1. The summed E-state index contributed by atoms with van der Waals surface area (Å²) in [4.78, 5) is 34.6. The number of carbonyl (C=O) groups excluding carboxylic acids is 2. The number of hydroxylamine groups is 2. The van der Waals surface area contributed by atoms with E-state index in [4.69, 9.17) is 19.1 Å². The first kappa shape index (κ1) is 33.5. The minimum Gasteiger partial charge on any atom is -0.457 e. The second kappa shape index (κ2) is 17.2. The highest BCUT2D eigenvalue weighted by molar-refractivity contribution is 5.85. The quantitative estimate of drug-likeness (QED) is 0.0868. The summed E-state index contributed by atoms with van der Waals surface area (Å²) in [5.41, 5.74) is 8.54. The molecule has 0 unspecified atom stereocenters. The van der Waals surface area contributed by atoms with Crippen molar-refractivity contribution in [3.8, 4) is 23.0 Å². The summed E-state index contributed by atoms with van der Waals surface area (Å²) in [5.74, 6) is 2.70. The van der Waals surface area contributed by atoms with Gasteiger partial charge < -0.3 is 20.1 Å². The number of fused-ring (bicyclic) bond motifs is 1. The van der Waals surface area contributed by atoms with E-state index in [0.717, 1.165) is 33.0 Å². The molecule has 0 aliphatic rings. The van der Waals surface area contributed by atoms with E-state index < -0.39 is 12.1 Å². The van der Waals surface area contributed by atoms with Gasteiger partial charge in [0.25, 0.3) is 0 Å². The Hall–Kier alpha value is -6.36. The second-order valence-electron chi connectivity index (χ2n) is 11.3. The van der Waals surface area contributed by atoms with Crippen LogP contribution in [0.15, 0.2) is 146 Å². The molecule has 0 heterocycles. The van der Waals surface area contributed by atoms with Gasteiger partial charge in [0.15, 0.2) is 0 Å². The minimum absolute atomic E-state index is 0.284. The third-order valence-electron chi connectivity index (χ3n) is 7.50. The zero-order valence-electron chi connectivity index (χ0n) is 27.1. The first-order valence-electron chi connectivity index (χ1n) is 16.0. The van der Waals surface area contributed by atoms with Gasteiger partial charge in [-0.3, -0.25) is 9.68 Å². The fourth-order valence-corrected chi connectivity index (χ4v) is 4.91. The lowest BCUT2D eigenvalue weighted by Crippen LogP contribution is -2.34. The number of hydrogen-bond donors (Lipinski definition) is 4. The Morgan fingerprint density at radius 2 is 0.820 bits per heavy atom. The van der Waals surface area contributed by atoms with Crippen LogP contribution in [0, 0.1) is 0 Å². The molecule has 0 fully saturated rings. The van der Waals surface area contributed by atoms with E-state index >= 15 is 0 Å². The smallest absolute Gasteiger partial charge is 0.338 e. The van der Waals surface area contributed by atoms with Gasteiger partial charge in [-0.2, -0.15) is 0 Å². The van der Waals surface area contributed by atoms with Crippen LogP contribution < -0.4 is 31.1 Å². The molecule has 4 amide bonds. The number of ether oxygens (including phenoxy) is 2. The molecule has 0 saturated heterocycles. The normalized spacial score (nSPS) is 10.6. The van der Waals surface area contributed by atoms with Crippen molar-refractivity contribution < 1.29 is 28.7 Å². The van der Waals surface area contributed by atoms with Crippen molar-refractivity contribution in [3.05, 3.63) is 168 Å². The number of hydrogen-bond acceptors (Lipinski definition) is 6. The molecule has 0 bridgehead atoms. The van der Waals surface area contributed by atoms with Crippen LogP contribution in [0.4, 0.5) is 9.59 Å². The number of nitrogens with one attached hydrogen (secondary N) is 4. The summed E-state index contributed by atoms with van der Waals surface area (Å²) in [5, 5.41) is 7.55. The molecule has 0 atom stereocenters. The van der Waals surface area contributed by atoms with Gasteiger partial charge in [-0.05, 0) is 81.6 Å². The van der Waals surface area contributed by atoms with Crippen molar-refractivity contribution in [2.24, 2.45) is 0 Å². The molecule has 50 heavy (non-hydrogen) atoms. The van der Waals surface area contributed by atoms with Crippen molar-refractivity contribution in [1.82, 2.24) is 21.6 Å². The van der Waals surface area contributed by atoms with Gasteiger partial charge >= 0.3 is 12.1 Å². The Morgan fingerprint density at radius 1 is 0.420 bits per heavy atom. The highest BCUT2D eigenvalue weighted by Crippen LogP contribution is 2.30. The second-order valence-corrected chi connectivity index (χ2v) is 11.3. The molecule has 0 radical (unpaired) electrons. The van der Waals surface area contributed by atoms with Crippen LogP contribution in [-0.2, 0) is 36.0 Å². The molecule has 4 N–H and O–H groups in total. The number of carbonyl (C=O) groups is 2. The van der Waals surface area contributed by atoms with Gasteiger partial charge in [0, 0.05) is 13.1 Å². The molecule has 0 aromatic heterocycles. The van der Waals surface area contributed by atoms with E-state index in [0.29, 0.717) is 36.1 Å². The lowest BCUT2D eigenvalue weighted by atomic mass is 10.1. The fourth-order valence-electron chi connectivity index (χ4n) is 4.91. The van der Waals surface area contributed by atoms with Crippen LogP contribution >= 0.6 is 0 Å². The van der Waals surface area contributed by atoms with Crippen molar-refractivity contribution in [2.45, 2.75) is 26.3 Å². The fraction of sp³-hybridized carbons (Fsp3) is 0.100. The molecular weight excluding hydrogens is 632 g/mol. The Kier molecular flexibility index (Phi) is 11.5. The molecule has 6 aromatic carbocycles. The number of benzene rings is 6. The van der Waals surface area contributed by atoms with Crippen molar-refractivity contribution in [3.63, 3.8) is 0 Å². The van der Waals surface area contributed by atoms with Gasteiger partial charge in [-0.25, -0.2) is 20.5 Å². The highest BCUT2D eigenvalue weighted by atomic mass is 16.7. The molecule has 252 valence electrons. The van der Waals surface area contributed by atoms with E-state index in [9.17, 15) is 9.59 Å². The lowest BCUT2D eigenvalue weighted by molar-refractivity contribution is 0.0489. The average molecular weight is 669 g/mol. The minimum atomic E-state index is -0.419. The predicted octanol–water partition coefficient (Wildman–Crippen LogP) is 8.29. The van der Waals surface area contributed by atoms with E-state index in [2.05, 4.69) is 21.6 Å². The van der Waals surface area contributed by atoms with Gasteiger partial charge in [-0.1, -0.05) is 97.1 Å². The zero-order valence-corrected chi connectivity index (χ0v) is 27.1. The van der Waals surface area contributed by atoms with Crippen molar-refractivity contribution >= 4 is 22.8 Å². The van der Waals surface area contributed by atoms with E-state index in [-0.39, 0.29) is 13.2 Å². The number of amides is 4. The standard InChI is InChI=1S/C40H36N4O6/c45-39(43-47-27-31-7-3-1-4-8-31)41-25-29-11-17-35(18-12-29)49-37-21-15-33-16-22-38(24-34(33)23-37)50-36-19-13-30(14-20-36)26-42-40(46)44-48-28-32-9-5-2-6-10-32/h1-24H,25-28H2,(H2,41,43,45)(H2,42,44,46). The van der Waals surface area contributed by atoms with Crippen LogP contribution in [0.1, 0.15) is 22.3 Å². The van der Waals surface area contributed by atoms with Crippen molar-refractivity contribution in [1.29, 1.82) is 0 Å². The van der Waals surface area contributed by atoms with Crippen LogP contribution in [0.25, 0.3) is 10.8 Å². The Morgan fingerprint density at radius 3 is 1.24 bits per heavy atom. The molecule has 6 aromatic rings. The predicted molar refractivity (Wildman–Crippen MR) is 190 cm³/mol. The summed E-state index contributed by atoms with van der Waals surface area (Å²) in [6.45, 7) is 1.24. The molecule has 0 spiro atoms. The molecule has 10 heteroatoms. The van der Waals surface area contributed by atoms with Crippen LogP contribution in [0.3, 0.4) is 0 Å². The highest BCUT2D eigenvalue weighted by Gasteiger charge is 2.06. The molecule has 6 rings (SSSR count). The van der Waals surface area contributed by atoms with Crippen LogP contribution in [-0.4, -0.2) is 12.1 Å².